The van der Waals surface area contributed by atoms with Crippen molar-refractivity contribution in [2.45, 2.75) is 38.2 Å². The molecule has 1 heterocycles. The highest BCUT2D eigenvalue weighted by atomic mass is 32.2. The van der Waals surface area contributed by atoms with Gasteiger partial charge < -0.3 is 10.2 Å². The van der Waals surface area contributed by atoms with Crippen molar-refractivity contribution in [3.63, 3.8) is 0 Å². The lowest BCUT2D eigenvalue weighted by Gasteiger charge is -2.37. The first-order chi connectivity index (χ1) is 16.3. The van der Waals surface area contributed by atoms with E-state index in [1.54, 1.807) is 28.8 Å². The summed E-state index contributed by atoms with van der Waals surface area (Å²) in [6.45, 7) is 6.09. The summed E-state index contributed by atoms with van der Waals surface area (Å²) in [5.74, 6) is -0.840. The number of carbonyl (C=O) groups excluding carboxylic acids is 2. The molecule has 0 aromatic heterocycles. The second-order valence-corrected chi connectivity index (χ2v) is 10.6. The van der Waals surface area contributed by atoms with Crippen molar-refractivity contribution in [3.05, 3.63) is 107 Å². The third-order valence-corrected chi connectivity index (χ3v) is 7.69. The molecule has 1 aliphatic heterocycles. The van der Waals surface area contributed by atoms with Gasteiger partial charge in [-0.1, -0.05) is 93.6 Å². The van der Waals surface area contributed by atoms with Gasteiger partial charge in [0.05, 0.1) is 17.0 Å². The van der Waals surface area contributed by atoms with Crippen molar-refractivity contribution in [3.8, 4) is 0 Å². The first-order valence-corrected chi connectivity index (χ1v) is 12.4. The van der Waals surface area contributed by atoms with Crippen molar-refractivity contribution in [1.29, 1.82) is 0 Å². The molecular formula is C28H29FN2O2S. The van der Waals surface area contributed by atoms with Gasteiger partial charge in [-0.3, -0.25) is 9.59 Å². The van der Waals surface area contributed by atoms with E-state index >= 15 is 0 Å². The first-order valence-electron chi connectivity index (χ1n) is 11.4. The number of halogens is 1. The summed E-state index contributed by atoms with van der Waals surface area (Å²) in [5, 5.41) is 2.91. The maximum absolute atomic E-state index is 14.5. The Bertz CT molecular complexity index is 1110. The monoisotopic (exact) mass is 476 g/mol. The maximum Gasteiger partial charge on any atom is 0.258 e. The van der Waals surface area contributed by atoms with E-state index in [1.165, 1.54) is 12.1 Å². The van der Waals surface area contributed by atoms with E-state index in [4.69, 9.17) is 0 Å². The molecule has 0 bridgehead atoms. The summed E-state index contributed by atoms with van der Waals surface area (Å²) in [6.07, 6.45) is 0. The predicted octanol–water partition coefficient (Wildman–Crippen LogP) is 5.66. The summed E-state index contributed by atoms with van der Waals surface area (Å²) < 4.78 is 14.5. The Morgan fingerprint density at radius 2 is 1.44 bits per heavy atom. The fourth-order valence-electron chi connectivity index (χ4n) is 4.29. The van der Waals surface area contributed by atoms with Crippen LogP contribution in [0.3, 0.4) is 0 Å². The van der Waals surface area contributed by atoms with Gasteiger partial charge in [0.1, 0.15) is 11.9 Å². The van der Waals surface area contributed by atoms with Crippen molar-refractivity contribution in [2.24, 2.45) is 5.41 Å². The molecule has 34 heavy (non-hydrogen) atoms. The third kappa shape index (κ3) is 5.02. The van der Waals surface area contributed by atoms with E-state index in [9.17, 15) is 14.0 Å². The zero-order valence-electron chi connectivity index (χ0n) is 19.6. The van der Waals surface area contributed by atoms with E-state index < -0.39 is 17.8 Å². The van der Waals surface area contributed by atoms with Crippen LogP contribution in [-0.2, 0) is 4.79 Å². The molecule has 3 aromatic carbocycles. The Morgan fingerprint density at radius 1 is 0.912 bits per heavy atom. The van der Waals surface area contributed by atoms with E-state index in [2.05, 4.69) is 5.32 Å². The highest BCUT2D eigenvalue weighted by Crippen LogP contribution is 2.41. The number of rotatable bonds is 5. The molecule has 176 valence electrons. The molecule has 2 amide bonds. The molecule has 0 radical (unpaired) electrons. The molecule has 1 saturated heterocycles. The number of carbonyl (C=O) groups is 2. The van der Waals surface area contributed by atoms with Gasteiger partial charge in [0, 0.05) is 5.75 Å². The highest BCUT2D eigenvalue weighted by Gasteiger charge is 2.47. The van der Waals surface area contributed by atoms with Gasteiger partial charge in [-0.15, -0.1) is 11.8 Å². The number of thioether (sulfide) groups is 1. The van der Waals surface area contributed by atoms with E-state index in [-0.39, 0.29) is 28.3 Å². The van der Waals surface area contributed by atoms with Crippen molar-refractivity contribution in [1.82, 2.24) is 10.2 Å². The van der Waals surface area contributed by atoms with Gasteiger partial charge in [0.2, 0.25) is 5.91 Å². The van der Waals surface area contributed by atoms with E-state index in [0.717, 1.165) is 11.1 Å². The fraction of sp³-hybridized carbons (Fsp3) is 0.286. The summed E-state index contributed by atoms with van der Waals surface area (Å²) in [4.78, 5) is 28.8. The molecule has 0 spiro atoms. The van der Waals surface area contributed by atoms with E-state index in [0.29, 0.717) is 5.75 Å². The predicted molar refractivity (Wildman–Crippen MR) is 135 cm³/mol. The molecule has 0 aliphatic carbocycles. The zero-order chi connectivity index (χ0) is 24.3. The number of amides is 2. The van der Waals surface area contributed by atoms with Gasteiger partial charge in [-0.05, 0) is 28.7 Å². The standard InChI is InChI=1S/C28H29FN2O2S/c1-28(2,3)27-31(26(33)21-16-10-11-17-22(21)29)23(18-34-27)25(32)30-24(19-12-6-4-7-13-19)20-14-8-5-9-15-20/h4-17,23-24,27H,18H2,1-3H3,(H,30,32). The Balaban J connectivity index is 1.67. The lowest BCUT2D eigenvalue weighted by atomic mass is 9.94. The van der Waals surface area contributed by atoms with Crippen LogP contribution in [-0.4, -0.2) is 33.9 Å². The van der Waals surface area contributed by atoms with Gasteiger partial charge in [0.15, 0.2) is 0 Å². The molecule has 1 aliphatic rings. The molecule has 4 nitrogen and oxygen atoms in total. The number of hydrogen-bond acceptors (Lipinski definition) is 3. The minimum Gasteiger partial charge on any atom is -0.343 e. The van der Waals surface area contributed by atoms with Crippen LogP contribution >= 0.6 is 11.8 Å². The Labute approximate surface area is 204 Å². The molecular weight excluding hydrogens is 447 g/mol. The summed E-state index contributed by atoms with van der Waals surface area (Å²) in [5.41, 5.74) is 1.60. The van der Waals surface area contributed by atoms with E-state index in [1.807, 2.05) is 81.4 Å². The second-order valence-electron chi connectivity index (χ2n) is 9.52. The molecule has 0 saturated carbocycles. The molecule has 3 aromatic rings. The highest BCUT2D eigenvalue weighted by molar-refractivity contribution is 8.00. The summed E-state index contributed by atoms with van der Waals surface area (Å²) in [7, 11) is 0. The van der Waals surface area contributed by atoms with Gasteiger partial charge in [-0.2, -0.15) is 0 Å². The van der Waals surface area contributed by atoms with Crippen LogP contribution in [0.25, 0.3) is 0 Å². The van der Waals surface area contributed by atoms with Crippen molar-refractivity contribution in [2.75, 3.05) is 5.75 Å². The largest absolute Gasteiger partial charge is 0.343 e. The number of hydrogen-bond donors (Lipinski definition) is 1. The van der Waals surface area contributed by atoms with Gasteiger partial charge >= 0.3 is 0 Å². The Kier molecular flexibility index (Phi) is 7.08. The van der Waals surface area contributed by atoms with Crippen LogP contribution in [0.1, 0.15) is 48.3 Å². The van der Waals surface area contributed by atoms with Crippen molar-refractivity contribution >= 4 is 23.6 Å². The van der Waals surface area contributed by atoms with Crippen LogP contribution in [0.2, 0.25) is 0 Å². The number of nitrogens with zero attached hydrogens (tertiary/aromatic N) is 1. The normalized spacial score (nSPS) is 18.2. The lowest BCUT2D eigenvalue weighted by Crippen LogP contribution is -2.53. The average Bonchev–Trinajstić information content (AvgIpc) is 3.29. The molecule has 1 fully saturated rings. The van der Waals surface area contributed by atoms with Crippen LogP contribution in [0.15, 0.2) is 84.9 Å². The topological polar surface area (TPSA) is 49.4 Å². The first kappa shape index (κ1) is 24.0. The van der Waals surface area contributed by atoms with Crippen LogP contribution in [0, 0.1) is 11.2 Å². The van der Waals surface area contributed by atoms with Crippen LogP contribution in [0.5, 0.6) is 0 Å². The second kappa shape index (κ2) is 10.0. The average molecular weight is 477 g/mol. The third-order valence-electron chi connectivity index (χ3n) is 5.94. The minimum atomic E-state index is -0.712. The fourth-order valence-corrected chi connectivity index (χ4v) is 5.87. The maximum atomic E-state index is 14.5. The smallest absolute Gasteiger partial charge is 0.258 e. The lowest BCUT2D eigenvalue weighted by molar-refractivity contribution is -0.125. The number of benzene rings is 3. The van der Waals surface area contributed by atoms with Crippen LogP contribution < -0.4 is 5.32 Å². The Hall–Kier alpha value is -3.12. The molecule has 2 unspecified atom stereocenters. The number of nitrogens with one attached hydrogen (secondary N) is 1. The SMILES string of the molecule is CC(C)(C)C1SCC(C(=O)NC(c2ccccc2)c2ccccc2)N1C(=O)c1ccccc1F. The zero-order valence-corrected chi connectivity index (χ0v) is 20.4. The van der Waals surface area contributed by atoms with Gasteiger partial charge in [0.25, 0.3) is 5.91 Å². The minimum absolute atomic E-state index is 0.0141. The summed E-state index contributed by atoms with van der Waals surface area (Å²) in [6, 6.07) is 24.4. The van der Waals surface area contributed by atoms with Gasteiger partial charge in [-0.25, -0.2) is 4.39 Å². The Morgan fingerprint density at radius 3 is 1.97 bits per heavy atom. The molecule has 2 atom stereocenters. The van der Waals surface area contributed by atoms with Crippen LogP contribution in [0.4, 0.5) is 4.39 Å². The van der Waals surface area contributed by atoms with Crippen molar-refractivity contribution < 1.29 is 14.0 Å². The molecule has 1 N–H and O–H groups in total. The summed E-state index contributed by atoms with van der Waals surface area (Å²) >= 11 is 1.56. The quantitative estimate of drug-likeness (QED) is 0.517. The molecule has 4 rings (SSSR count). The molecule has 6 heteroatoms.